The van der Waals surface area contributed by atoms with Gasteiger partial charge in [-0.25, -0.2) is 0 Å². The number of allylic oxidation sites excluding steroid dienone is 4. The standard InChI is InChI=1S/C17H22O/c18-13-9-12-6-8-15-14-4-2-1-3-11(14)5-7-16(15)17(12)10-13/h6,8,11-12,16-17H,1-5,7,9-10H2. The molecule has 0 bridgehead atoms. The van der Waals surface area contributed by atoms with Gasteiger partial charge in [0.15, 0.2) is 0 Å². The summed E-state index contributed by atoms with van der Waals surface area (Å²) in [7, 11) is 0. The van der Waals surface area contributed by atoms with Gasteiger partial charge in [-0.2, -0.15) is 0 Å². The highest BCUT2D eigenvalue weighted by molar-refractivity contribution is 5.82. The summed E-state index contributed by atoms with van der Waals surface area (Å²) in [6, 6.07) is 0. The summed E-state index contributed by atoms with van der Waals surface area (Å²) in [5.41, 5.74) is 3.45. The van der Waals surface area contributed by atoms with Crippen molar-refractivity contribution in [3.8, 4) is 0 Å². The Balaban J connectivity index is 1.73. The van der Waals surface area contributed by atoms with Crippen LogP contribution in [0.25, 0.3) is 0 Å². The van der Waals surface area contributed by atoms with E-state index >= 15 is 0 Å². The molecule has 4 rings (SSSR count). The predicted octanol–water partition coefficient (Wildman–Crippen LogP) is 4.05. The van der Waals surface area contributed by atoms with E-state index in [1.807, 2.05) is 0 Å². The van der Waals surface area contributed by atoms with Crippen LogP contribution in [0.4, 0.5) is 0 Å². The Bertz CT molecular complexity index is 443. The summed E-state index contributed by atoms with van der Waals surface area (Å²) in [6.45, 7) is 0. The first-order chi connectivity index (χ1) is 8.83. The molecule has 0 aliphatic heterocycles. The molecule has 0 aromatic rings. The largest absolute Gasteiger partial charge is 0.300 e. The number of carbonyl (C=O) groups is 1. The Hall–Kier alpha value is -0.850. The summed E-state index contributed by atoms with van der Waals surface area (Å²) in [5, 5.41) is 0. The average molecular weight is 242 g/mol. The summed E-state index contributed by atoms with van der Waals surface area (Å²) in [6.07, 6.45) is 14.8. The van der Waals surface area contributed by atoms with Gasteiger partial charge in [0, 0.05) is 12.8 Å². The zero-order valence-electron chi connectivity index (χ0n) is 11.0. The molecule has 18 heavy (non-hydrogen) atoms. The summed E-state index contributed by atoms with van der Waals surface area (Å²) in [5.74, 6) is 3.37. The molecule has 0 heterocycles. The molecule has 2 saturated carbocycles. The second kappa shape index (κ2) is 4.08. The monoisotopic (exact) mass is 242 g/mol. The SMILES string of the molecule is O=C1CC2C=CC3=C4CCCCC4CCC3C2C1. The first-order valence-electron chi connectivity index (χ1n) is 7.76. The van der Waals surface area contributed by atoms with E-state index in [0.717, 1.165) is 24.7 Å². The number of ketones is 1. The van der Waals surface area contributed by atoms with E-state index in [4.69, 9.17) is 0 Å². The Labute approximate surface area is 109 Å². The molecule has 96 valence electrons. The van der Waals surface area contributed by atoms with Crippen molar-refractivity contribution < 1.29 is 4.79 Å². The van der Waals surface area contributed by atoms with Gasteiger partial charge in [0.05, 0.1) is 0 Å². The number of hydrogen-bond donors (Lipinski definition) is 0. The summed E-state index contributed by atoms with van der Waals surface area (Å²) < 4.78 is 0. The molecule has 0 amide bonds. The number of hydrogen-bond acceptors (Lipinski definition) is 1. The zero-order valence-corrected chi connectivity index (χ0v) is 11.0. The molecule has 0 radical (unpaired) electrons. The van der Waals surface area contributed by atoms with Crippen LogP contribution >= 0.6 is 0 Å². The lowest BCUT2D eigenvalue weighted by molar-refractivity contribution is -0.117. The van der Waals surface area contributed by atoms with Crippen molar-refractivity contribution in [2.24, 2.45) is 23.7 Å². The van der Waals surface area contributed by atoms with Gasteiger partial charge in [-0.3, -0.25) is 4.79 Å². The Morgan fingerprint density at radius 2 is 2.00 bits per heavy atom. The van der Waals surface area contributed by atoms with Gasteiger partial charge in [-0.15, -0.1) is 0 Å². The van der Waals surface area contributed by atoms with Gasteiger partial charge < -0.3 is 0 Å². The van der Waals surface area contributed by atoms with Crippen molar-refractivity contribution in [3.05, 3.63) is 23.3 Å². The van der Waals surface area contributed by atoms with Gasteiger partial charge >= 0.3 is 0 Å². The maximum atomic E-state index is 11.7. The fraction of sp³-hybridized carbons (Fsp3) is 0.706. The van der Waals surface area contributed by atoms with Crippen LogP contribution in [0.2, 0.25) is 0 Å². The van der Waals surface area contributed by atoms with Crippen molar-refractivity contribution in [3.63, 3.8) is 0 Å². The van der Waals surface area contributed by atoms with E-state index in [9.17, 15) is 4.79 Å². The highest BCUT2D eigenvalue weighted by atomic mass is 16.1. The molecule has 0 saturated heterocycles. The molecule has 4 unspecified atom stereocenters. The van der Waals surface area contributed by atoms with Crippen molar-refractivity contribution >= 4 is 5.78 Å². The van der Waals surface area contributed by atoms with Crippen molar-refractivity contribution in [2.45, 2.75) is 51.4 Å². The number of Topliss-reactive ketones (excluding diaryl/α,β-unsaturated/α-hetero) is 1. The molecule has 0 spiro atoms. The topological polar surface area (TPSA) is 17.1 Å². The normalized spacial score (nSPS) is 42.6. The van der Waals surface area contributed by atoms with Crippen LogP contribution in [0.5, 0.6) is 0 Å². The minimum Gasteiger partial charge on any atom is -0.300 e. The van der Waals surface area contributed by atoms with Gasteiger partial charge in [0.25, 0.3) is 0 Å². The molecule has 1 heteroatoms. The molecule has 2 fully saturated rings. The number of carbonyl (C=O) groups excluding carboxylic acids is 1. The van der Waals surface area contributed by atoms with Gasteiger partial charge in [0.1, 0.15) is 5.78 Å². The van der Waals surface area contributed by atoms with E-state index in [1.165, 1.54) is 38.5 Å². The smallest absolute Gasteiger partial charge is 0.133 e. The maximum Gasteiger partial charge on any atom is 0.133 e. The van der Waals surface area contributed by atoms with E-state index in [2.05, 4.69) is 12.2 Å². The van der Waals surface area contributed by atoms with E-state index in [0.29, 0.717) is 17.6 Å². The van der Waals surface area contributed by atoms with Crippen molar-refractivity contribution in [1.82, 2.24) is 0 Å². The molecule has 4 aliphatic carbocycles. The molecule has 0 N–H and O–H groups in total. The molecular formula is C17H22O. The van der Waals surface area contributed by atoms with E-state index in [1.54, 1.807) is 11.1 Å². The first-order valence-corrected chi connectivity index (χ1v) is 7.76. The molecule has 4 atom stereocenters. The second-order valence-electron chi connectivity index (χ2n) is 6.74. The maximum absolute atomic E-state index is 11.7. The lowest BCUT2D eigenvalue weighted by Crippen LogP contribution is -2.30. The lowest BCUT2D eigenvalue weighted by Gasteiger charge is -2.41. The number of fused-ring (bicyclic) bond motifs is 4. The Morgan fingerprint density at radius 1 is 1.06 bits per heavy atom. The molecule has 4 aliphatic rings. The second-order valence-corrected chi connectivity index (χ2v) is 6.74. The quantitative estimate of drug-likeness (QED) is 0.626. The van der Waals surface area contributed by atoms with Crippen LogP contribution < -0.4 is 0 Å². The van der Waals surface area contributed by atoms with Crippen LogP contribution in [-0.4, -0.2) is 5.78 Å². The van der Waals surface area contributed by atoms with Gasteiger partial charge in [0.2, 0.25) is 0 Å². The molecule has 1 nitrogen and oxygen atoms in total. The summed E-state index contributed by atoms with van der Waals surface area (Å²) in [4.78, 5) is 11.7. The van der Waals surface area contributed by atoms with Crippen LogP contribution in [-0.2, 0) is 4.79 Å². The molecular weight excluding hydrogens is 220 g/mol. The molecule has 0 aromatic heterocycles. The highest BCUT2D eigenvalue weighted by Crippen LogP contribution is 2.51. The van der Waals surface area contributed by atoms with Gasteiger partial charge in [-0.1, -0.05) is 24.1 Å². The average Bonchev–Trinajstić information content (AvgIpc) is 2.79. The Kier molecular flexibility index (Phi) is 2.50. The fourth-order valence-electron chi connectivity index (χ4n) is 5.02. The zero-order chi connectivity index (χ0) is 12.1. The van der Waals surface area contributed by atoms with Gasteiger partial charge in [-0.05, 0) is 61.3 Å². The molecule has 0 aromatic carbocycles. The van der Waals surface area contributed by atoms with Crippen LogP contribution in [0.15, 0.2) is 23.3 Å². The van der Waals surface area contributed by atoms with Crippen molar-refractivity contribution in [2.75, 3.05) is 0 Å². The minimum absolute atomic E-state index is 0.506. The third kappa shape index (κ3) is 1.56. The first kappa shape index (κ1) is 11.0. The summed E-state index contributed by atoms with van der Waals surface area (Å²) >= 11 is 0. The highest BCUT2D eigenvalue weighted by Gasteiger charge is 2.43. The third-order valence-electron chi connectivity index (χ3n) is 5.85. The fourth-order valence-corrected chi connectivity index (χ4v) is 5.02. The Morgan fingerprint density at radius 3 is 2.94 bits per heavy atom. The van der Waals surface area contributed by atoms with Crippen LogP contribution in [0, 0.1) is 23.7 Å². The van der Waals surface area contributed by atoms with Crippen LogP contribution in [0.3, 0.4) is 0 Å². The minimum atomic E-state index is 0.506. The number of rotatable bonds is 0. The van der Waals surface area contributed by atoms with Crippen molar-refractivity contribution in [1.29, 1.82) is 0 Å². The lowest BCUT2D eigenvalue weighted by atomic mass is 9.63. The van der Waals surface area contributed by atoms with E-state index in [-0.39, 0.29) is 0 Å². The predicted molar refractivity (Wildman–Crippen MR) is 72.1 cm³/mol. The van der Waals surface area contributed by atoms with E-state index < -0.39 is 0 Å². The third-order valence-corrected chi connectivity index (χ3v) is 5.85. The van der Waals surface area contributed by atoms with Crippen LogP contribution in [0.1, 0.15) is 51.4 Å².